The molecule has 0 atom stereocenters. The summed E-state index contributed by atoms with van der Waals surface area (Å²) in [5.41, 5.74) is 11.5. The molecule has 0 spiro atoms. The summed E-state index contributed by atoms with van der Waals surface area (Å²) in [6, 6.07) is 80.9. The first-order valence-corrected chi connectivity index (χ1v) is 24.5. The Morgan fingerprint density at radius 3 is 1.06 bits per heavy atom. The molecule has 310 valence electrons. The number of para-hydroxylation sites is 1. The van der Waals surface area contributed by atoms with E-state index in [1.807, 2.05) is 22.7 Å². The average molecular weight is 885 g/mol. The minimum absolute atomic E-state index is 0.883. The molecule has 3 aromatic heterocycles. The van der Waals surface area contributed by atoms with Gasteiger partial charge in [-0.25, -0.2) is 0 Å². The summed E-state index contributed by atoms with van der Waals surface area (Å²) in [5, 5.41) is 17.3. The van der Waals surface area contributed by atoms with E-state index in [-0.39, 0.29) is 0 Å². The molecule has 3 heteroatoms. The standard InChI is InChI=1S/C64H36OS2/c1-3-18-45-43(16-1)60(37-29-32-58-53(34-37)41-14-9-11-26-56(41)66-58)44-17-2-4-19-46(44)62(45)39-28-31-40-51-24-13-25-52(64(51)65-55(40)36-39)63-49-22-7-5-20-47(49)61(48-21-6-8-23-50(48)63)38-30-33-59-54(35-38)42-15-10-12-27-57(42)67-59/h1-36H. The number of hydrogen-bond acceptors (Lipinski definition) is 3. The molecule has 0 bridgehead atoms. The lowest BCUT2D eigenvalue weighted by molar-refractivity contribution is 0.670. The largest absolute Gasteiger partial charge is 0.455 e. The van der Waals surface area contributed by atoms with E-state index in [0.29, 0.717) is 0 Å². The molecule has 12 aromatic carbocycles. The Labute approximate surface area is 393 Å². The quantitative estimate of drug-likeness (QED) is 0.161. The van der Waals surface area contributed by atoms with Gasteiger partial charge < -0.3 is 4.42 Å². The van der Waals surface area contributed by atoms with Crippen LogP contribution in [0.2, 0.25) is 0 Å². The molecule has 0 fully saturated rings. The number of rotatable bonds is 4. The van der Waals surface area contributed by atoms with E-state index >= 15 is 0 Å². The second-order valence-electron chi connectivity index (χ2n) is 17.8. The van der Waals surface area contributed by atoms with Crippen LogP contribution in [-0.4, -0.2) is 0 Å². The Morgan fingerprint density at radius 1 is 0.239 bits per heavy atom. The number of hydrogen-bond donors (Lipinski definition) is 0. The Bertz CT molecular complexity index is 4470. The van der Waals surface area contributed by atoms with Gasteiger partial charge in [0.15, 0.2) is 0 Å². The van der Waals surface area contributed by atoms with Gasteiger partial charge in [0, 0.05) is 62.2 Å². The fourth-order valence-electron chi connectivity index (χ4n) is 11.4. The zero-order chi connectivity index (χ0) is 43.7. The summed E-state index contributed by atoms with van der Waals surface area (Å²) in [7, 11) is 0. The van der Waals surface area contributed by atoms with Crippen molar-refractivity contribution in [2.24, 2.45) is 0 Å². The Hall–Kier alpha value is -8.08. The van der Waals surface area contributed by atoms with E-state index in [4.69, 9.17) is 4.42 Å². The normalized spacial score (nSPS) is 12.2. The first-order valence-electron chi connectivity index (χ1n) is 22.9. The summed E-state index contributed by atoms with van der Waals surface area (Å²) >= 11 is 3.73. The molecule has 0 N–H and O–H groups in total. The van der Waals surface area contributed by atoms with Gasteiger partial charge in [0.05, 0.1) is 0 Å². The van der Waals surface area contributed by atoms with Gasteiger partial charge in [0.1, 0.15) is 11.2 Å². The summed E-state index contributed by atoms with van der Waals surface area (Å²) in [6.07, 6.45) is 0. The predicted molar refractivity (Wildman–Crippen MR) is 291 cm³/mol. The number of thiophene rings is 2. The third-order valence-corrected chi connectivity index (χ3v) is 16.6. The highest BCUT2D eigenvalue weighted by Gasteiger charge is 2.23. The van der Waals surface area contributed by atoms with Crippen LogP contribution in [-0.2, 0) is 0 Å². The van der Waals surface area contributed by atoms with Gasteiger partial charge in [-0.2, -0.15) is 0 Å². The number of benzene rings is 12. The van der Waals surface area contributed by atoms with Crippen molar-refractivity contribution in [1.82, 2.24) is 0 Å². The highest BCUT2D eigenvalue weighted by atomic mass is 32.1. The van der Waals surface area contributed by atoms with Crippen LogP contribution in [0.15, 0.2) is 223 Å². The van der Waals surface area contributed by atoms with Gasteiger partial charge >= 0.3 is 0 Å². The highest BCUT2D eigenvalue weighted by molar-refractivity contribution is 7.26. The van der Waals surface area contributed by atoms with E-state index in [2.05, 4.69) is 218 Å². The molecule has 15 aromatic rings. The van der Waals surface area contributed by atoms with Crippen LogP contribution in [0, 0.1) is 0 Å². The minimum atomic E-state index is 0.883. The molecular formula is C64H36OS2. The fourth-order valence-corrected chi connectivity index (χ4v) is 13.6. The van der Waals surface area contributed by atoms with E-state index in [9.17, 15) is 0 Å². The van der Waals surface area contributed by atoms with Crippen LogP contribution in [0.5, 0.6) is 0 Å². The first kappa shape index (κ1) is 37.2. The smallest absolute Gasteiger partial charge is 0.143 e. The van der Waals surface area contributed by atoms with Crippen molar-refractivity contribution in [2.75, 3.05) is 0 Å². The summed E-state index contributed by atoms with van der Waals surface area (Å²) < 4.78 is 12.5. The maximum absolute atomic E-state index is 7.18. The monoisotopic (exact) mass is 884 g/mol. The minimum Gasteiger partial charge on any atom is -0.455 e. The maximum atomic E-state index is 7.18. The van der Waals surface area contributed by atoms with Gasteiger partial charge in [0.2, 0.25) is 0 Å². The molecule has 0 saturated heterocycles. The molecule has 15 rings (SSSR count). The lowest BCUT2D eigenvalue weighted by Gasteiger charge is -2.18. The third kappa shape index (κ3) is 5.41. The van der Waals surface area contributed by atoms with Gasteiger partial charge in [-0.05, 0) is 125 Å². The molecule has 0 aliphatic carbocycles. The van der Waals surface area contributed by atoms with Crippen molar-refractivity contribution in [2.45, 2.75) is 0 Å². The Morgan fingerprint density at radius 2 is 0.597 bits per heavy atom. The van der Waals surface area contributed by atoms with Crippen molar-refractivity contribution in [3.05, 3.63) is 218 Å². The van der Waals surface area contributed by atoms with Crippen molar-refractivity contribution < 1.29 is 4.42 Å². The van der Waals surface area contributed by atoms with Crippen LogP contribution in [0.3, 0.4) is 0 Å². The maximum Gasteiger partial charge on any atom is 0.143 e. The van der Waals surface area contributed by atoms with Gasteiger partial charge in [-0.3, -0.25) is 0 Å². The molecule has 0 aliphatic heterocycles. The SMILES string of the molecule is c1ccc2c(c1)sc1ccc(-c3c4ccccc4c(-c4ccc5c(c4)oc4c(-c6c7ccccc7c(-c7ccc8sc9ccccc9c8c7)c7ccccc67)cccc45)c4ccccc34)cc12. The number of furan rings is 1. The van der Waals surface area contributed by atoms with Crippen LogP contribution in [0.4, 0.5) is 0 Å². The molecular weight excluding hydrogens is 849 g/mol. The van der Waals surface area contributed by atoms with Gasteiger partial charge in [-0.1, -0.05) is 170 Å². The predicted octanol–water partition coefficient (Wildman–Crippen LogP) is 19.6. The van der Waals surface area contributed by atoms with Crippen molar-refractivity contribution in [3.63, 3.8) is 0 Å². The topological polar surface area (TPSA) is 13.1 Å². The van der Waals surface area contributed by atoms with E-state index < -0.39 is 0 Å². The average Bonchev–Trinajstić information content (AvgIpc) is 4.08. The highest BCUT2D eigenvalue weighted by Crippen LogP contribution is 2.50. The molecule has 0 radical (unpaired) electrons. The van der Waals surface area contributed by atoms with Crippen molar-refractivity contribution in [1.29, 1.82) is 0 Å². The van der Waals surface area contributed by atoms with Crippen LogP contribution < -0.4 is 0 Å². The van der Waals surface area contributed by atoms with Crippen LogP contribution in [0.1, 0.15) is 0 Å². The van der Waals surface area contributed by atoms with E-state index in [0.717, 1.165) is 33.1 Å². The zero-order valence-corrected chi connectivity index (χ0v) is 37.6. The fraction of sp³-hybridized carbons (Fsp3) is 0. The molecule has 1 nitrogen and oxygen atoms in total. The van der Waals surface area contributed by atoms with Crippen LogP contribution >= 0.6 is 22.7 Å². The molecule has 0 aliphatic rings. The van der Waals surface area contributed by atoms with E-state index in [1.165, 1.54) is 117 Å². The Kier molecular flexibility index (Phi) is 7.88. The molecule has 3 heterocycles. The third-order valence-electron chi connectivity index (χ3n) is 14.3. The second kappa shape index (κ2) is 14.2. The molecule has 0 saturated carbocycles. The lowest BCUT2D eigenvalue weighted by Crippen LogP contribution is -1.91. The van der Waals surface area contributed by atoms with Gasteiger partial charge in [0.25, 0.3) is 0 Å². The summed E-state index contributed by atoms with van der Waals surface area (Å²) in [5.74, 6) is 0. The molecule has 0 unspecified atom stereocenters. The van der Waals surface area contributed by atoms with E-state index in [1.54, 1.807) is 0 Å². The van der Waals surface area contributed by atoms with Gasteiger partial charge in [-0.15, -0.1) is 22.7 Å². The van der Waals surface area contributed by atoms with Crippen molar-refractivity contribution >= 4 is 128 Å². The number of fused-ring (bicyclic) bond motifs is 13. The lowest BCUT2D eigenvalue weighted by atomic mass is 9.85. The summed E-state index contributed by atoms with van der Waals surface area (Å²) in [6.45, 7) is 0. The molecule has 0 amide bonds. The van der Waals surface area contributed by atoms with Crippen LogP contribution in [0.25, 0.3) is 150 Å². The first-order chi connectivity index (χ1) is 33.2. The van der Waals surface area contributed by atoms with Crippen molar-refractivity contribution in [3.8, 4) is 44.5 Å². The zero-order valence-electron chi connectivity index (χ0n) is 36.0. The Balaban J connectivity index is 0.933. The molecule has 67 heavy (non-hydrogen) atoms. The summed E-state index contributed by atoms with van der Waals surface area (Å²) in [4.78, 5) is 0. The second-order valence-corrected chi connectivity index (χ2v) is 20.0.